The average molecular weight is 398 g/mol. The van der Waals surface area contributed by atoms with Gasteiger partial charge in [0.15, 0.2) is 0 Å². The molecular formula is C20H23N5O2S. The molecule has 1 saturated heterocycles. The lowest BCUT2D eigenvalue weighted by Crippen LogP contribution is -2.27. The fourth-order valence-corrected chi connectivity index (χ4v) is 4.81. The largest absolute Gasteiger partial charge is 0.364 e. The highest BCUT2D eigenvalue weighted by Crippen LogP contribution is 2.23. The molecule has 1 fully saturated rings. The van der Waals surface area contributed by atoms with Gasteiger partial charge in [-0.1, -0.05) is 12.1 Å². The Balaban J connectivity index is 1.44. The molecule has 1 aliphatic rings. The zero-order valence-electron chi connectivity index (χ0n) is 15.7. The molecule has 4 rings (SSSR count). The molecule has 3 heterocycles. The molecule has 0 aliphatic carbocycles. The lowest BCUT2D eigenvalue weighted by atomic mass is 10.1. The Hall–Kier alpha value is -2.71. The van der Waals surface area contributed by atoms with E-state index in [0.717, 1.165) is 24.1 Å². The van der Waals surface area contributed by atoms with Crippen molar-refractivity contribution in [3.05, 3.63) is 66.9 Å². The molecular weight excluding hydrogens is 374 g/mol. The lowest BCUT2D eigenvalue weighted by molar-refractivity contribution is 0.477. The van der Waals surface area contributed by atoms with Crippen molar-refractivity contribution in [2.24, 2.45) is 0 Å². The molecule has 1 aliphatic heterocycles. The molecule has 7 nitrogen and oxygen atoms in total. The number of anilines is 1. The molecule has 28 heavy (non-hydrogen) atoms. The van der Waals surface area contributed by atoms with Crippen LogP contribution in [0.4, 0.5) is 5.82 Å². The summed E-state index contributed by atoms with van der Waals surface area (Å²) in [6, 6.07) is 11.6. The van der Waals surface area contributed by atoms with Crippen molar-refractivity contribution >= 4 is 15.8 Å². The third kappa shape index (κ3) is 3.79. The van der Waals surface area contributed by atoms with Crippen molar-refractivity contribution in [2.75, 3.05) is 18.4 Å². The summed E-state index contributed by atoms with van der Waals surface area (Å²) < 4.78 is 28.6. The van der Waals surface area contributed by atoms with E-state index in [2.05, 4.69) is 27.4 Å². The van der Waals surface area contributed by atoms with Crippen molar-refractivity contribution in [2.45, 2.75) is 30.7 Å². The highest BCUT2D eigenvalue weighted by molar-refractivity contribution is 7.89. The van der Waals surface area contributed by atoms with E-state index in [1.807, 2.05) is 29.8 Å². The maximum absolute atomic E-state index is 12.6. The topological polar surface area (TPSA) is 80.1 Å². The quantitative estimate of drug-likeness (QED) is 0.691. The van der Waals surface area contributed by atoms with E-state index >= 15 is 0 Å². The average Bonchev–Trinajstić information content (AvgIpc) is 3.43. The number of nitrogens with zero attached hydrogens (tertiary/aromatic N) is 4. The third-order valence-corrected chi connectivity index (χ3v) is 6.88. The van der Waals surface area contributed by atoms with Gasteiger partial charge in [-0.05, 0) is 49.6 Å². The molecule has 2 aromatic heterocycles. The molecule has 0 unspecified atom stereocenters. The zero-order valence-corrected chi connectivity index (χ0v) is 16.5. The van der Waals surface area contributed by atoms with Crippen LogP contribution < -0.4 is 5.32 Å². The van der Waals surface area contributed by atoms with Gasteiger partial charge in [0.1, 0.15) is 10.7 Å². The number of benzene rings is 1. The summed E-state index contributed by atoms with van der Waals surface area (Å²) in [5, 5.41) is 3.32. The SMILES string of the molecule is C[C@H](Nc1ccc(S(=O)(=O)N2CCCC2)cn1)c1ccc(-n2ccnc2)cc1. The van der Waals surface area contributed by atoms with Crippen molar-refractivity contribution in [1.82, 2.24) is 18.8 Å². The minimum absolute atomic E-state index is 0.0328. The van der Waals surface area contributed by atoms with Gasteiger partial charge in [-0.15, -0.1) is 0 Å². The van der Waals surface area contributed by atoms with Crippen molar-refractivity contribution in [3.63, 3.8) is 0 Å². The van der Waals surface area contributed by atoms with Crippen LogP contribution in [0.3, 0.4) is 0 Å². The second-order valence-corrected chi connectivity index (χ2v) is 8.86. The highest BCUT2D eigenvalue weighted by atomic mass is 32.2. The summed E-state index contributed by atoms with van der Waals surface area (Å²) >= 11 is 0. The van der Waals surface area contributed by atoms with Crippen molar-refractivity contribution < 1.29 is 8.42 Å². The lowest BCUT2D eigenvalue weighted by Gasteiger charge is -2.17. The second kappa shape index (κ2) is 7.73. The summed E-state index contributed by atoms with van der Waals surface area (Å²) in [6.07, 6.45) is 8.69. The maximum atomic E-state index is 12.6. The summed E-state index contributed by atoms with van der Waals surface area (Å²) in [6.45, 7) is 3.23. The highest BCUT2D eigenvalue weighted by Gasteiger charge is 2.27. The van der Waals surface area contributed by atoms with E-state index in [4.69, 9.17) is 0 Å². The van der Waals surface area contributed by atoms with Gasteiger partial charge in [0.2, 0.25) is 10.0 Å². The van der Waals surface area contributed by atoms with Gasteiger partial charge >= 0.3 is 0 Å². The summed E-state index contributed by atoms with van der Waals surface area (Å²) in [4.78, 5) is 8.62. The molecule has 8 heteroatoms. The van der Waals surface area contributed by atoms with Gasteiger partial charge in [-0.3, -0.25) is 0 Å². The summed E-state index contributed by atoms with van der Waals surface area (Å²) in [7, 11) is -3.43. The Bertz CT molecular complexity index is 1010. The molecule has 1 aromatic carbocycles. The number of imidazole rings is 1. The maximum Gasteiger partial charge on any atom is 0.244 e. The normalized spacial score (nSPS) is 16.2. The van der Waals surface area contributed by atoms with Gasteiger partial charge in [-0.2, -0.15) is 4.31 Å². The summed E-state index contributed by atoms with van der Waals surface area (Å²) in [5.41, 5.74) is 2.16. The van der Waals surface area contributed by atoms with Gasteiger partial charge in [0.25, 0.3) is 0 Å². The number of nitrogens with one attached hydrogen (secondary N) is 1. The molecule has 0 radical (unpaired) electrons. The molecule has 1 atom stereocenters. The molecule has 146 valence electrons. The van der Waals surface area contributed by atoms with Crippen LogP contribution in [0.2, 0.25) is 0 Å². The minimum Gasteiger partial charge on any atom is -0.364 e. The monoisotopic (exact) mass is 397 g/mol. The van der Waals surface area contributed by atoms with E-state index < -0.39 is 10.0 Å². The van der Waals surface area contributed by atoms with Crippen LogP contribution in [-0.4, -0.2) is 40.3 Å². The van der Waals surface area contributed by atoms with Gasteiger partial charge in [-0.25, -0.2) is 18.4 Å². The first kappa shape index (κ1) is 18.6. The molecule has 0 amide bonds. The molecule has 0 bridgehead atoms. The van der Waals surface area contributed by atoms with Crippen LogP contribution in [0.1, 0.15) is 31.4 Å². The first-order valence-electron chi connectivity index (χ1n) is 9.35. The number of rotatable bonds is 6. The van der Waals surface area contributed by atoms with Crippen LogP contribution in [0.15, 0.2) is 66.2 Å². The van der Waals surface area contributed by atoms with Gasteiger partial charge in [0.05, 0.1) is 6.33 Å². The number of sulfonamides is 1. The van der Waals surface area contributed by atoms with Crippen LogP contribution in [-0.2, 0) is 10.0 Å². The standard InChI is InChI=1S/C20H23N5O2S/c1-16(17-4-6-18(7-5-17)24-13-10-21-15-24)23-20-9-8-19(14-22-20)28(26,27)25-11-2-3-12-25/h4-10,13-16H,2-3,11-12H2,1H3,(H,22,23)/t16-/m0/s1. The van der Waals surface area contributed by atoms with E-state index in [0.29, 0.717) is 18.9 Å². The number of pyridine rings is 1. The van der Waals surface area contributed by atoms with Crippen LogP contribution in [0, 0.1) is 0 Å². The Morgan fingerprint density at radius 1 is 1.07 bits per heavy atom. The smallest absolute Gasteiger partial charge is 0.244 e. The predicted octanol–water partition coefficient (Wildman–Crippen LogP) is 3.22. The van der Waals surface area contributed by atoms with E-state index in [1.54, 1.807) is 24.7 Å². The third-order valence-electron chi connectivity index (χ3n) is 5.00. The molecule has 3 aromatic rings. The fraction of sp³-hybridized carbons (Fsp3) is 0.300. The Labute approximate surface area is 165 Å². The second-order valence-electron chi connectivity index (χ2n) is 6.92. The van der Waals surface area contributed by atoms with Crippen molar-refractivity contribution in [1.29, 1.82) is 0 Å². The Kier molecular flexibility index (Phi) is 5.15. The molecule has 1 N–H and O–H groups in total. The first-order chi connectivity index (χ1) is 13.5. The van der Waals surface area contributed by atoms with Crippen LogP contribution in [0.5, 0.6) is 0 Å². The molecule has 0 spiro atoms. The predicted molar refractivity (Wildman–Crippen MR) is 108 cm³/mol. The first-order valence-corrected chi connectivity index (χ1v) is 10.8. The van der Waals surface area contributed by atoms with Gasteiger partial charge in [0, 0.05) is 43.4 Å². The Morgan fingerprint density at radius 2 is 1.82 bits per heavy atom. The van der Waals surface area contributed by atoms with E-state index in [-0.39, 0.29) is 10.9 Å². The fourth-order valence-electron chi connectivity index (χ4n) is 3.35. The van der Waals surface area contributed by atoms with Crippen LogP contribution in [0.25, 0.3) is 5.69 Å². The van der Waals surface area contributed by atoms with Gasteiger partial charge < -0.3 is 9.88 Å². The van der Waals surface area contributed by atoms with E-state index in [1.165, 1.54) is 10.5 Å². The number of aromatic nitrogens is 3. The number of hydrogen-bond acceptors (Lipinski definition) is 5. The van der Waals surface area contributed by atoms with Crippen molar-refractivity contribution in [3.8, 4) is 5.69 Å². The number of hydrogen-bond donors (Lipinski definition) is 1. The minimum atomic E-state index is -3.43. The summed E-state index contributed by atoms with van der Waals surface area (Å²) in [5.74, 6) is 0.645. The molecule has 0 saturated carbocycles. The zero-order chi connectivity index (χ0) is 19.6. The van der Waals surface area contributed by atoms with E-state index in [9.17, 15) is 8.42 Å². The van der Waals surface area contributed by atoms with Crippen LogP contribution >= 0.6 is 0 Å². The Morgan fingerprint density at radius 3 is 2.43 bits per heavy atom.